The maximum absolute atomic E-state index is 13.4. The second-order valence-electron chi connectivity index (χ2n) is 6.38. The highest BCUT2D eigenvalue weighted by Gasteiger charge is 2.24. The number of benzene rings is 1. The number of rotatable bonds is 6. The zero-order valence-electron chi connectivity index (χ0n) is 15.2. The number of aryl methyl sites for hydroxylation is 1. The van der Waals surface area contributed by atoms with Gasteiger partial charge in [0.05, 0.1) is 17.1 Å². The maximum atomic E-state index is 13.4. The molecule has 0 saturated heterocycles. The van der Waals surface area contributed by atoms with Crippen LogP contribution in [0.5, 0.6) is 0 Å². The zero-order valence-corrected chi connectivity index (χ0v) is 15.2. The third-order valence-corrected chi connectivity index (χ3v) is 4.36. The lowest BCUT2D eigenvalue weighted by atomic mass is 10.1. The van der Waals surface area contributed by atoms with Crippen molar-refractivity contribution in [3.8, 4) is 0 Å². The Labute approximate surface area is 158 Å². The Morgan fingerprint density at radius 2 is 1.82 bits per heavy atom. The second kappa shape index (κ2) is 7.95. The highest BCUT2D eigenvalue weighted by Crippen LogP contribution is 2.32. The molecular weight excluding hydrogens is 376 g/mol. The van der Waals surface area contributed by atoms with E-state index in [0.29, 0.717) is 6.07 Å². The first-order chi connectivity index (χ1) is 13.3. The van der Waals surface area contributed by atoms with Crippen LogP contribution in [0.15, 0.2) is 36.4 Å². The number of hydrogen-bond donors (Lipinski definition) is 1. The van der Waals surface area contributed by atoms with Crippen molar-refractivity contribution < 1.29 is 22.4 Å². The molecule has 1 N–H and O–H groups in total. The van der Waals surface area contributed by atoms with Crippen LogP contribution >= 0.6 is 0 Å². The van der Waals surface area contributed by atoms with Crippen LogP contribution in [0.1, 0.15) is 48.3 Å². The Bertz CT molecular complexity index is 989. The van der Waals surface area contributed by atoms with Crippen LogP contribution in [0.3, 0.4) is 0 Å². The van der Waals surface area contributed by atoms with Gasteiger partial charge < -0.3 is 5.32 Å². The van der Waals surface area contributed by atoms with Crippen LogP contribution in [-0.2, 0) is 11.3 Å². The van der Waals surface area contributed by atoms with Gasteiger partial charge in [0, 0.05) is 5.56 Å². The van der Waals surface area contributed by atoms with Gasteiger partial charge in [0.2, 0.25) is 5.91 Å². The molecule has 148 valence electrons. The van der Waals surface area contributed by atoms with Crippen molar-refractivity contribution in [3.63, 3.8) is 0 Å². The third-order valence-electron chi connectivity index (χ3n) is 4.36. The summed E-state index contributed by atoms with van der Waals surface area (Å²) in [6.45, 7) is 2.94. The minimum absolute atomic E-state index is 0.0108. The molecule has 0 fully saturated rings. The van der Waals surface area contributed by atoms with Crippen LogP contribution in [0.2, 0.25) is 0 Å². The van der Waals surface area contributed by atoms with Gasteiger partial charge in [-0.15, -0.1) is 0 Å². The Balaban J connectivity index is 1.91. The van der Waals surface area contributed by atoms with Crippen molar-refractivity contribution in [2.45, 2.75) is 39.3 Å². The van der Waals surface area contributed by atoms with Crippen LogP contribution in [0.25, 0.3) is 11.0 Å². The Morgan fingerprint density at radius 3 is 2.43 bits per heavy atom. The van der Waals surface area contributed by atoms with Gasteiger partial charge in [-0.3, -0.25) is 4.79 Å². The molecule has 9 heteroatoms. The predicted molar refractivity (Wildman–Crippen MR) is 95.2 cm³/mol. The molecule has 3 rings (SSSR count). The summed E-state index contributed by atoms with van der Waals surface area (Å²) in [5, 5.41) is 6.83. The maximum Gasteiger partial charge on any atom is 0.280 e. The van der Waals surface area contributed by atoms with E-state index in [-0.39, 0.29) is 29.3 Å². The second-order valence-corrected chi connectivity index (χ2v) is 6.38. The van der Waals surface area contributed by atoms with Gasteiger partial charge in [0.15, 0.2) is 5.65 Å². The number of nitrogens with one attached hydrogen (secondary N) is 1. The summed E-state index contributed by atoms with van der Waals surface area (Å²) in [5.74, 6) is -0.441. The van der Waals surface area contributed by atoms with Crippen molar-refractivity contribution in [2.75, 3.05) is 0 Å². The summed E-state index contributed by atoms with van der Waals surface area (Å²) >= 11 is 0. The van der Waals surface area contributed by atoms with E-state index in [4.69, 9.17) is 0 Å². The molecule has 0 aliphatic rings. The standard InChI is InChI=1S/C19H18F4N4O/c1-10(12-6-4-3-5-7-12)24-15(28)9-27-19-16(11(2)26-27)13(17(20)21)8-14(25-19)18(22)23/h3-8,10,17-18H,9H2,1-2H3,(H,24,28). The van der Waals surface area contributed by atoms with Gasteiger partial charge in [-0.05, 0) is 25.5 Å². The lowest BCUT2D eigenvalue weighted by Gasteiger charge is -2.14. The molecule has 1 atom stereocenters. The molecule has 0 bridgehead atoms. The summed E-state index contributed by atoms with van der Waals surface area (Å²) in [6, 6.07) is 9.62. The van der Waals surface area contributed by atoms with E-state index in [0.717, 1.165) is 10.2 Å². The number of nitrogens with zero attached hydrogens (tertiary/aromatic N) is 3. The summed E-state index contributed by atoms with van der Waals surface area (Å²) < 4.78 is 54.0. The van der Waals surface area contributed by atoms with Crippen molar-refractivity contribution in [1.82, 2.24) is 20.1 Å². The van der Waals surface area contributed by atoms with E-state index in [2.05, 4.69) is 15.4 Å². The molecule has 0 spiro atoms. The zero-order chi connectivity index (χ0) is 20.4. The first-order valence-corrected chi connectivity index (χ1v) is 8.56. The van der Waals surface area contributed by atoms with Gasteiger partial charge >= 0.3 is 0 Å². The SMILES string of the molecule is Cc1nn(CC(=O)NC(C)c2ccccc2)c2nc(C(F)F)cc(C(F)F)c12. The van der Waals surface area contributed by atoms with Crippen molar-refractivity contribution in [3.05, 3.63) is 58.9 Å². The van der Waals surface area contributed by atoms with Gasteiger partial charge in [-0.1, -0.05) is 30.3 Å². The van der Waals surface area contributed by atoms with Crippen LogP contribution in [0.4, 0.5) is 17.6 Å². The summed E-state index contributed by atoms with van der Waals surface area (Å²) in [7, 11) is 0. The van der Waals surface area contributed by atoms with Crippen LogP contribution in [-0.4, -0.2) is 20.7 Å². The van der Waals surface area contributed by atoms with Crippen molar-refractivity contribution in [1.29, 1.82) is 0 Å². The highest BCUT2D eigenvalue weighted by atomic mass is 19.3. The molecule has 0 saturated carbocycles. The van der Waals surface area contributed by atoms with E-state index in [1.165, 1.54) is 6.92 Å². The number of hydrogen-bond acceptors (Lipinski definition) is 3. The quantitative estimate of drug-likeness (QED) is 0.627. The van der Waals surface area contributed by atoms with Crippen LogP contribution in [0, 0.1) is 6.92 Å². The van der Waals surface area contributed by atoms with Crippen molar-refractivity contribution in [2.24, 2.45) is 0 Å². The fourth-order valence-electron chi connectivity index (χ4n) is 3.05. The third kappa shape index (κ3) is 3.97. The van der Waals surface area contributed by atoms with Gasteiger partial charge in [-0.2, -0.15) is 5.10 Å². The van der Waals surface area contributed by atoms with Gasteiger partial charge in [0.25, 0.3) is 12.9 Å². The largest absolute Gasteiger partial charge is 0.348 e. The number of carbonyl (C=O) groups is 1. The highest BCUT2D eigenvalue weighted by molar-refractivity contribution is 5.85. The first-order valence-electron chi connectivity index (χ1n) is 8.56. The lowest BCUT2D eigenvalue weighted by molar-refractivity contribution is -0.122. The fourth-order valence-corrected chi connectivity index (χ4v) is 3.05. The molecule has 1 amide bonds. The monoisotopic (exact) mass is 394 g/mol. The minimum Gasteiger partial charge on any atom is -0.348 e. The smallest absolute Gasteiger partial charge is 0.280 e. The van der Waals surface area contributed by atoms with E-state index in [9.17, 15) is 22.4 Å². The molecule has 5 nitrogen and oxygen atoms in total. The van der Waals surface area contributed by atoms with E-state index in [1.54, 1.807) is 6.92 Å². The molecule has 28 heavy (non-hydrogen) atoms. The molecule has 0 aliphatic carbocycles. The first kappa shape index (κ1) is 19.8. The van der Waals surface area contributed by atoms with E-state index < -0.39 is 30.0 Å². The average molecular weight is 394 g/mol. The fraction of sp³-hybridized carbons (Fsp3) is 0.316. The summed E-state index contributed by atoms with van der Waals surface area (Å²) in [6.07, 6.45) is -5.98. The molecule has 2 aromatic heterocycles. The summed E-state index contributed by atoms with van der Waals surface area (Å²) in [4.78, 5) is 16.2. The van der Waals surface area contributed by atoms with Gasteiger partial charge in [0.1, 0.15) is 12.2 Å². The average Bonchev–Trinajstić information content (AvgIpc) is 2.97. The minimum atomic E-state index is -3.02. The van der Waals surface area contributed by atoms with E-state index >= 15 is 0 Å². The number of fused-ring (bicyclic) bond motifs is 1. The Kier molecular flexibility index (Phi) is 5.62. The number of alkyl halides is 4. The number of aromatic nitrogens is 3. The molecule has 2 heterocycles. The molecule has 0 aliphatic heterocycles. The van der Waals surface area contributed by atoms with Crippen molar-refractivity contribution >= 4 is 16.9 Å². The molecule has 1 unspecified atom stereocenters. The Hall–Kier alpha value is -2.97. The van der Waals surface area contributed by atoms with Gasteiger partial charge in [-0.25, -0.2) is 27.2 Å². The predicted octanol–water partition coefficient (Wildman–Crippen LogP) is 4.49. The number of pyridine rings is 1. The van der Waals surface area contributed by atoms with Crippen LogP contribution < -0.4 is 5.32 Å². The molecule has 0 radical (unpaired) electrons. The number of carbonyl (C=O) groups excluding carboxylic acids is 1. The normalized spacial score (nSPS) is 12.7. The lowest BCUT2D eigenvalue weighted by Crippen LogP contribution is -2.30. The Morgan fingerprint density at radius 1 is 1.14 bits per heavy atom. The number of amides is 1. The molecule has 3 aromatic rings. The topological polar surface area (TPSA) is 59.8 Å². The van der Waals surface area contributed by atoms with E-state index in [1.807, 2.05) is 30.3 Å². The molecule has 1 aromatic carbocycles. The summed E-state index contributed by atoms with van der Waals surface area (Å²) in [5.41, 5.74) is -0.421. The number of halogens is 4. The molecular formula is C19H18F4N4O.